The van der Waals surface area contributed by atoms with Crippen LogP contribution in [0.15, 0.2) is 53.5 Å². The molecule has 1 saturated carbocycles. The molecule has 0 N–H and O–H groups in total. The van der Waals surface area contributed by atoms with Crippen LogP contribution in [0.2, 0.25) is 0 Å². The highest BCUT2D eigenvalue weighted by molar-refractivity contribution is 5.99. The van der Waals surface area contributed by atoms with Crippen LogP contribution in [0.3, 0.4) is 0 Å². The average molecular weight is 255 g/mol. The zero-order valence-corrected chi connectivity index (χ0v) is 11.4. The summed E-state index contributed by atoms with van der Waals surface area (Å²) in [6.45, 7) is 4.03. The second kappa shape index (κ2) is 6.28. The number of nitrogens with zero attached hydrogens (tertiary/aromatic N) is 1. The molecule has 3 rings (SSSR count). The van der Waals surface area contributed by atoms with Gasteiger partial charge in [-0.2, -0.15) is 0 Å². The fourth-order valence-corrected chi connectivity index (χ4v) is 1.58. The minimum Gasteiger partial charge on any atom is -0.257 e. The third-order valence-corrected chi connectivity index (χ3v) is 2.86. The third kappa shape index (κ3) is 4.66. The highest BCUT2D eigenvalue weighted by atomic mass is 19.1. The maximum absolute atomic E-state index is 12.7. The first kappa shape index (κ1) is 13.5. The largest absolute Gasteiger partial charge is 0.257 e. The summed E-state index contributed by atoms with van der Waals surface area (Å²) in [6, 6.07) is 15.0. The van der Waals surface area contributed by atoms with Gasteiger partial charge >= 0.3 is 0 Å². The summed E-state index contributed by atoms with van der Waals surface area (Å²) in [6.07, 6.45) is 2.16. The van der Waals surface area contributed by atoms with E-state index in [0.29, 0.717) is 0 Å². The summed E-state index contributed by atoms with van der Waals surface area (Å²) in [5, 5.41) is 0. The molecule has 0 saturated heterocycles. The van der Waals surface area contributed by atoms with Crippen molar-refractivity contribution in [2.24, 2.45) is 4.99 Å². The monoisotopic (exact) mass is 255 g/mol. The minimum absolute atomic E-state index is 0.208. The molecule has 2 aromatic carbocycles. The molecule has 0 amide bonds. The third-order valence-electron chi connectivity index (χ3n) is 2.86. The van der Waals surface area contributed by atoms with Gasteiger partial charge in [-0.15, -0.1) is 0 Å². The van der Waals surface area contributed by atoms with Gasteiger partial charge in [0.15, 0.2) is 0 Å². The molecule has 0 bridgehead atoms. The van der Waals surface area contributed by atoms with Crippen molar-refractivity contribution in [3.63, 3.8) is 0 Å². The van der Waals surface area contributed by atoms with Crippen LogP contribution in [0, 0.1) is 19.7 Å². The van der Waals surface area contributed by atoms with E-state index in [4.69, 9.17) is 0 Å². The van der Waals surface area contributed by atoms with Crippen LogP contribution in [0.4, 0.5) is 10.1 Å². The summed E-state index contributed by atoms with van der Waals surface area (Å²) in [5.41, 5.74) is 4.32. The van der Waals surface area contributed by atoms with E-state index in [-0.39, 0.29) is 5.82 Å². The number of aliphatic imine (C=N–C) groups is 1. The summed E-state index contributed by atoms with van der Waals surface area (Å²) in [5.74, 6) is -0.208. The molecule has 0 atom stereocenters. The molecule has 0 unspecified atom stereocenters. The van der Waals surface area contributed by atoms with E-state index in [1.165, 1.54) is 23.4 Å². The Kier molecular flexibility index (Phi) is 4.45. The van der Waals surface area contributed by atoms with Crippen LogP contribution in [0.5, 0.6) is 0 Å². The van der Waals surface area contributed by atoms with Gasteiger partial charge in [-0.25, -0.2) is 4.39 Å². The van der Waals surface area contributed by atoms with Crippen molar-refractivity contribution in [3.8, 4) is 0 Å². The molecule has 1 fully saturated rings. The van der Waals surface area contributed by atoms with E-state index in [1.807, 2.05) is 25.1 Å². The number of halogens is 1. The van der Waals surface area contributed by atoms with Crippen LogP contribution in [-0.4, -0.2) is 5.71 Å². The quantitative estimate of drug-likeness (QED) is 0.680. The molecule has 0 aliphatic heterocycles. The van der Waals surface area contributed by atoms with E-state index >= 15 is 0 Å². The lowest BCUT2D eigenvalue weighted by molar-refractivity contribution is 0.628. The van der Waals surface area contributed by atoms with Crippen LogP contribution >= 0.6 is 0 Å². The molecular weight excluding hydrogens is 237 g/mol. The number of aryl methyl sites for hydroxylation is 2. The molecule has 0 heterocycles. The van der Waals surface area contributed by atoms with E-state index in [2.05, 4.69) is 24.0 Å². The topological polar surface area (TPSA) is 12.4 Å². The maximum atomic E-state index is 12.7. The fourth-order valence-electron chi connectivity index (χ4n) is 1.58. The molecule has 98 valence electrons. The highest BCUT2D eigenvalue weighted by Gasteiger charge is 2.13. The van der Waals surface area contributed by atoms with Gasteiger partial charge < -0.3 is 0 Å². The minimum atomic E-state index is -0.208. The molecule has 1 nitrogen and oxygen atoms in total. The van der Waals surface area contributed by atoms with Crippen LogP contribution in [-0.2, 0) is 0 Å². The second-order valence-corrected chi connectivity index (χ2v) is 4.76. The van der Waals surface area contributed by atoms with Gasteiger partial charge in [0.25, 0.3) is 0 Å². The number of hydrogen-bond donors (Lipinski definition) is 0. The Hall–Kier alpha value is -1.96. The second-order valence-electron chi connectivity index (χ2n) is 4.76. The molecule has 0 radical (unpaired) electrons. The normalized spacial score (nSPS) is 12.5. The summed E-state index contributed by atoms with van der Waals surface area (Å²) in [7, 11) is 0. The predicted octanol–water partition coefficient (Wildman–Crippen LogP) is 5.00. The number of benzene rings is 2. The van der Waals surface area contributed by atoms with Crippen molar-refractivity contribution in [2.45, 2.75) is 26.7 Å². The number of hydrogen-bond acceptors (Lipinski definition) is 1. The van der Waals surface area contributed by atoms with Crippen molar-refractivity contribution in [3.05, 3.63) is 65.5 Å². The smallest absolute Gasteiger partial charge is 0.125 e. The van der Waals surface area contributed by atoms with E-state index in [9.17, 15) is 4.39 Å². The summed E-state index contributed by atoms with van der Waals surface area (Å²) >= 11 is 0. The molecule has 2 heteroatoms. The molecule has 19 heavy (non-hydrogen) atoms. The first-order valence-corrected chi connectivity index (χ1v) is 6.49. The van der Waals surface area contributed by atoms with Gasteiger partial charge in [-0.1, -0.05) is 42.0 Å². The Morgan fingerprint density at radius 2 is 1.63 bits per heavy atom. The van der Waals surface area contributed by atoms with Gasteiger partial charge in [0.2, 0.25) is 0 Å². The first-order valence-electron chi connectivity index (χ1n) is 6.49. The fraction of sp³-hybridized carbons (Fsp3) is 0.235. The van der Waals surface area contributed by atoms with Crippen LogP contribution < -0.4 is 0 Å². The lowest BCUT2D eigenvalue weighted by Crippen LogP contribution is -1.78. The molecule has 0 aromatic heterocycles. The SMILES string of the molecule is Cc1ccc(F)cc1N=C1CC1.Cc1ccccc1. The Bertz CT molecular complexity index is 567. The Balaban J connectivity index is 0.000000163. The Morgan fingerprint density at radius 1 is 0.947 bits per heavy atom. The molecule has 1 aliphatic rings. The van der Waals surface area contributed by atoms with Crippen molar-refractivity contribution in [1.29, 1.82) is 0 Å². The summed E-state index contributed by atoms with van der Waals surface area (Å²) in [4.78, 5) is 4.31. The number of rotatable bonds is 1. The zero-order chi connectivity index (χ0) is 13.7. The van der Waals surface area contributed by atoms with Crippen molar-refractivity contribution < 1.29 is 4.39 Å². The van der Waals surface area contributed by atoms with Gasteiger partial charge in [0, 0.05) is 5.71 Å². The standard InChI is InChI=1S/C10H10FN.C7H8/c1-7-2-3-8(11)6-10(7)12-9-4-5-9;1-7-5-3-2-4-6-7/h2-3,6H,4-5H2,1H3;2-6H,1H3. The van der Waals surface area contributed by atoms with E-state index in [1.54, 1.807) is 6.07 Å². The lowest BCUT2D eigenvalue weighted by Gasteiger charge is -1.98. The van der Waals surface area contributed by atoms with Crippen molar-refractivity contribution in [1.82, 2.24) is 0 Å². The Labute approximate surface area is 113 Å². The zero-order valence-electron chi connectivity index (χ0n) is 11.4. The lowest BCUT2D eigenvalue weighted by atomic mass is 10.2. The molecular formula is C17H18FN. The van der Waals surface area contributed by atoms with Gasteiger partial charge in [-0.05, 0) is 44.4 Å². The van der Waals surface area contributed by atoms with Crippen molar-refractivity contribution in [2.75, 3.05) is 0 Å². The van der Waals surface area contributed by atoms with E-state index in [0.717, 1.165) is 24.1 Å². The van der Waals surface area contributed by atoms with Crippen LogP contribution in [0.1, 0.15) is 24.0 Å². The Morgan fingerprint density at radius 3 is 2.16 bits per heavy atom. The van der Waals surface area contributed by atoms with Gasteiger partial charge in [-0.3, -0.25) is 4.99 Å². The molecule has 2 aromatic rings. The molecule has 0 spiro atoms. The maximum Gasteiger partial charge on any atom is 0.125 e. The van der Waals surface area contributed by atoms with Crippen molar-refractivity contribution >= 4 is 11.4 Å². The average Bonchev–Trinajstić information content (AvgIpc) is 3.20. The summed E-state index contributed by atoms with van der Waals surface area (Å²) < 4.78 is 12.7. The van der Waals surface area contributed by atoms with Crippen LogP contribution in [0.25, 0.3) is 0 Å². The van der Waals surface area contributed by atoms with Gasteiger partial charge in [0.1, 0.15) is 5.82 Å². The first-order chi connectivity index (χ1) is 9.15. The highest BCUT2D eigenvalue weighted by Crippen LogP contribution is 2.25. The van der Waals surface area contributed by atoms with E-state index < -0.39 is 0 Å². The predicted molar refractivity (Wildman–Crippen MR) is 78.6 cm³/mol. The molecule has 1 aliphatic carbocycles. The van der Waals surface area contributed by atoms with Gasteiger partial charge in [0.05, 0.1) is 5.69 Å².